The van der Waals surface area contributed by atoms with Crippen molar-refractivity contribution in [2.24, 2.45) is 0 Å². The van der Waals surface area contributed by atoms with Gasteiger partial charge in [-0.05, 0) is 43.1 Å². The van der Waals surface area contributed by atoms with Crippen LogP contribution in [-0.4, -0.2) is 32.8 Å². The number of rotatable bonds is 3. The van der Waals surface area contributed by atoms with Crippen LogP contribution in [0.3, 0.4) is 0 Å². The normalized spacial score (nSPS) is 19.0. The topological polar surface area (TPSA) is 36.9 Å². The quantitative estimate of drug-likeness (QED) is 0.606. The maximum atomic E-state index is 4.47. The van der Waals surface area contributed by atoms with Crippen LogP contribution in [0.1, 0.15) is 24.4 Å². The van der Waals surface area contributed by atoms with Gasteiger partial charge in [0.15, 0.2) is 0 Å². The fourth-order valence-corrected chi connectivity index (χ4v) is 4.19. The Morgan fingerprint density at radius 1 is 1.08 bits per heavy atom. The molecule has 1 N–H and O–H groups in total. The van der Waals surface area contributed by atoms with Crippen molar-refractivity contribution in [3.8, 4) is 0 Å². The largest absolute Gasteiger partial charge is 0.305 e. The molecule has 4 nitrogen and oxygen atoms in total. The molecule has 126 valence electrons. The average molecular weight is 330 g/mol. The molecule has 1 aliphatic rings. The lowest BCUT2D eigenvalue weighted by atomic mass is 10.0. The molecule has 3 heterocycles. The molecule has 1 aliphatic heterocycles. The Morgan fingerprint density at radius 3 is 2.92 bits per heavy atom. The molecule has 0 aliphatic carbocycles. The van der Waals surface area contributed by atoms with Crippen LogP contribution in [0, 0.1) is 0 Å². The minimum Gasteiger partial charge on any atom is -0.305 e. The van der Waals surface area contributed by atoms with Gasteiger partial charge in [-0.1, -0.05) is 30.3 Å². The zero-order valence-corrected chi connectivity index (χ0v) is 14.2. The second-order valence-electron chi connectivity index (χ2n) is 7.04. The van der Waals surface area contributed by atoms with Crippen molar-refractivity contribution in [1.29, 1.82) is 0 Å². The highest BCUT2D eigenvalue weighted by molar-refractivity contribution is 6.04. The molecule has 5 rings (SSSR count). The van der Waals surface area contributed by atoms with E-state index in [1.165, 1.54) is 41.2 Å². The van der Waals surface area contributed by atoms with Crippen molar-refractivity contribution < 1.29 is 0 Å². The Kier molecular flexibility index (Phi) is 3.56. The van der Waals surface area contributed by atoms with Gasteiger partial charge >= 0.3 is 0 Å². The molecule has 0 amide bonds. The number of aromatic nitrogens is 3. The van der Waals surface area contributed by atoms with Gasteiger partial charge in [0.2, 0.25) is 0 Å². The van der Waals surface area contributed by atoms with E-state index in [2.05, 4.69) is 74.4 Å². The number of nitrogens with one attached hydrogen (secondary N) is 1. The third-order valence-corrected chi connectivity index (χ3v) is 5.37. The number of benzene rings is 2. The standard InChI is InChI=1S/C21H22N4/c1-2-5-16(6-3-1)14-24-12-4-7-18(15-24)25-21-17(13-23-25)8-9-20-19(21)10-11-22-20/h1-3,5-6,8-11,13,18,23H,4,7,12,14-15H2. The number of fused-ring (bicyclic) bond motifs is 3. The third-order valence-electron chi connectivity index (χ3n) is 5.37. The van der Waals surface area contributed by atoms with E-state index in [1.54, 1.807) is 0 Å². The molecular weight excluding hydrogens is 308 g/mol. The van der Waals surface area contributed by atoms with E-state index in [1.807, 2.05) is 6.20 Å². The summed E-state index contributed by atoms with van der Waals surface area (Å²) in [5, 5.41) is 6.03. The van der Waals surface area contributed by atoms with Crippen LogP contribution in [0.4, 0.5) is 0 Å². The summed E-state index contributed by atoms with van der Waals surface area (Å²) >= 11 is 0. The minimum atomic E-state index is 0.482. The summed E-state index contributed by atoms with van der Waals surface area (Å²) in [5.41, 5.74) is 3.77. The first-order valence-electron chi connectivity index (χ1n) is 9.08. The lowest BCUT2D eigenvalue weighted by molar-refractivity contribution is 0.166. The van der Waals surface area contributed by atoms with Gasteiger partial charge in [-0.2, -0.15) is 0 Å². The SMILES string of the molecule is c1ccc(CN2CCCC(n3[nH]cc4ccc5nccc5c43)C2)cc1. The molecular formula is C21H22N4. The zero-order valence-electron chi connectivity index (χ0n) is 14.2. The van der Waals surface area contributed by atoms with Crippen LogP contribution in [0.25, 0.3) is 21.8 Å². The van der Waals surface area contributed by atoms with Gasteiger partial charge < -0.3 is 5.10 Å². The molecule has 1 atom stereocenters. The maximum absolute atomic E-state index is 4.47. The number of nitrogens with zero attached hydrogens (tertiary/aromatic N) is 3. The molecule has 4 aromatic rings. The third kappa shape index (κ3) is 2.63. The van der Waals surface area contributed by atoms with Crippen LogP contribution in [-0.2, 0) is 6.54 Å². The number of hydrogen-bond acceptors (Lipinski definition) is 2. The van der Waals surface area contributed by atoms with Crippen LogP contribution in [0.5, 0.6) is 0 Å². The van der Waals surface area contributed by atoms with E-state index >= 15 is 0 Å². The molecule has 0 radical (unpaired) electrons. The molecule has 1 saturated heterocycles. The number of likely N-dealkylation sites (tertiary alicyclic amines) is 1. The van der Waals surface area contributed by atoms with Gasteiger partial charge in [0, 0.05) is 36.3 Å². The van der Waals surface area contributed by atoms with E-state index < -0.39 is 0 Å². The van der Waals surface area contributed by atoms with Gasteiger partial charge in [0.1, 0.15) is 0 Å². The molecule has 0 spiro atoms. The van der Waals surface area contributed by atoms with E-state index in [4.69, 9.17) is 0 Å². The highest BCUT2D eigenvalue weighted by Gasteiger charge is 2.23. The van der Waals surface area contributed by atoms with Crippen molar-refractivity contribution in [3.05, 3.63) is 66.5 Å². The first-order chi connectivity index (χ1) is 12.4. The van der Waals surface area contributed by atoms with Crippen molar-refractivity contribution in [1.82, 2.24) is 19.7 Å². The molecule has 0 bridgehead atoms. The first-order valence-corrected chi connectivity index (χ1v) is 9.08. The Labute approximate surface area is 147 Å². The van der Waals surface area contributed by atoms with Crippen LogP contribution in [0.15, 0.2) is 60.9 Å². The number of H-pyrrole nitrogens is 1. The molecule has 1 unspecified atom stereocenters. The van der Waals surface area contributed by atoms with Crippen molar-refractivity contribution in [3.63, 3.8) is 0 Å². The van der Waals surface area contributed by atoms with Crippen molar-refractivity contribution in [2.45, 2.75) is 25.4 Å². The Balaban J connectivity index is 1.46. The van der Waals surface area contributed by atoms with Crippen molar-refractivity contribution >= 4 is 21.8 Å². The summed E-state index contributed by atoms with van der Waals surface area (Å²) in [7, 11) is 0. The second kappa shape index (κ2) is 6.05. The molecule has 0 saturated carbocycles. The predicted molar refractivity (Wildman–Crippen MR) is 102 cm³/mol. The number of piperidine rings is 1. The summed E-state index contributed by atoms with van der Waals surface area (Å²) in [4.78, 5) is 7.04. The zero-order chi connectivity index (χ0) is 16.6. The van der Waals surface area contributed by atoms with E-state index in [-0.39, 0.29) is 0 Å². The van der Waals surface area contributed by atoms with Crippen molar-refractivity contribution in [2.75, 3.05) is 13.1 Å². The van der Waals surface area contributed by atoms with E-state index in [0.717, 1.165) is 18.6 Å². The van der Waals surface area contributed by atoms with Crippen LogP contribution in [0.2, 0.25) is 0 Å². The molecule has 1 fully saturated rings. The Morgan fingerprint density at radius 2 is 2.00 bits per heavy atom. The van der Waals surface area contributed by atoms with Crippen LogP contribution >= 0.6 is 0 Å². The average Bonchev–Trinajstić information content (AvgIpc) is 3.29. The smallest absolute Gasteiger partial charge is 0.0757 e. The molecule has 2 aromatic heterocycles. The Hall–Kier alpha value is -2.59. The summed E-state index contributed by atoms with van der Waals surface area (Å²) in [6.45, 7) is 3.29. The molecule has 2 aromatic carbocycles. The molecule has 25 heavy (non-hydrogen) atoms. The predicted octanol–water partition coefficient (Wildman–Crippen LogP) is 4.35. The second-order valence-corrected chi connectivity index (χ2v) is 7.04. The highest BCUT2D eigenvalue weighted by Crippen LogP contribution is 2.30. The van der Waals surface area contributed by atoms with Gasteiger partial charge in [-0.3, -0.25) is 14.6 Å². The van der Waals surface area contributed by atoms with Gasteiger partial charge in [-0.25, -0.2) is 0 Å². The molecule has 4 heteroatoms. The fourth-order valence-electron chi connectivity index (χ4n) is 4.19. The van der Waals surface area contributed by atoms with Gasteiger partial charge in [0.25, 0.3) is 0 Å². The fraction of sp³-hybridized carbons (Fsp3) is 0.286. The summed E-state index contributed by atoms with van der Waals surface area (Å²) in [6.07, 6.45) is 6.48. The highest BCUT2D eigenvalue weighted by atomic mass is 15.3. The number of aromatic amines is 1. The Bertz CT molecular complexity index is 999. The first kappa shape index (κ1) is 14.7. The lowest BCUT2D eigenvalue weighted by Gasteiger charge is -2.33. The van der Waals surface area contributed by atoms with Gasteiger partial charge in [0.05, 0.1) is 17.1 Å². The van der Waals surface area contributed by atoms with E-state index in [0.29, 0.717) is 6.04 Å². The summed E-state index contributed by atoms with van der Waals surface area (Å²) in [6, 6.07) is 17.7. The summed E-state index contributed by atoms with van der Waals surface area (Å²) < 4.78 is 2.37. The minimum absolute atomic E-state index is 0.482. The summed E-state index contributed by atoms with van der Waals surface area (Å²) in [5.74, 6) is 0. The monoisotopic (exact) mass is 330 g/mol. The lowest BCUT2D eigenvalue weighted by Crippen LogP contribution is -2.36. The maximum Gasteiger partial charge on any atom is 0.0757 e. The van der Waals surface area contributed by atoms with Gasteiger partial charge in [-0.15, -0.1) is 0 Å². The van der Waals surface area contributed by atoms with Crippen LogP contribution < -0.4 is 0 Å². The van der Waals surface area contributed by atoms with E-state index in [9.17, 15) is 0 Å². The number of hydrogen-bond donors (Lipinski definition) is 1.